The van der Waals surface area contributed by atoms with Crippen LogP contribution in [0.15, 0.2) is 0 Å². The molecule has 132 valence electrons. The number of nitrogens with zero attached hydrogens (tertiary/aromatic N) is 2. The molecule has 0 aromatic rings. The average Bonchev–Trinajstić information content (AvgIpc) is 2.51. The molecule has 0 aromatic heterocycles. The average molecular weight is 423 g/mol. The zero-order valence-corrected chi connectivity index (χ0v) is 17.5. The molecule has 0 radical (unpaired) electrons. The van der Waals surface area contributed by atoms with E-state index in [9.17, 15) is 0 Å². The first-order valence-corrected chi connectivity index (χ1v) is 9.87. The van der Waals surface area contributed by atoms with E-state index in [0.717, 1.165) is 0 Å². The monoisotopic (exact) mass is 423 g/mol. The summed E-state index contributed by atoms with van der Waals surface area (Å²) < 4.78 is 2.85. The Hall–Kier alpha value is 0.650. The molecule has 0 aromatic carbocycles. The third-order valence-electron chi connectivity index (χ3n) is 6.33. The number of fused-ring (bicyclic) bond motifs is 3. The van der Waals surface area contributed by atoms with Crippen molar-refractivity contribution in [1.29, 1.82) is 0 Å². The highest BCUT2D eigenvalue weighted by Gasteiger charge is 2.45. The lowest BCUT2D eigenvalue weighted by Gasteiger charge is -2.54. The van der Waals surface area contributed by atoms with E-state index in [0.29, 0.717) is 0 Å². The third kappa shape index (κ3) is 6.64. The summed E-state index contributed by atoms with van der Waals surface area (Å²) in [6, 6.07) is 0. The fraction of sp³-hybridized carbons (Fsp3) is 1.00. The fourth-order valence-electron chi connectivity index (χ4n) is 4.30. The van der Waals surface area contributed by atoms with Gasteiger partial charge in [0.1, 0.15) is 39.3 Å². The zero-order chi connectivity index (χ0) is 15.0. The maximum Gasteiger partial charge on any atom is 0.129 e. The second-order valence-electron chi connectivity index (χ2n) is 8.21. The molecule has 2 nitrogen and oxygen atoms in total. The minimum Gasteiger partial charge on any atom is -1.00 e. The summed E-state index contributed by atoms with van der Waals surface area (Å²) in [5, 5.41) is 0. The summed E-state index contributed by atoms with van der Waals surface area (Å²) in [5.74, 6) is 0. The van der Waals surface area contributed by atoms with Crippen LogP contribution in [-0.2, 0) is 0 Å². The van der Waals surface area contributed by atoms with Crippen LogP contribution in [0.25, 0.3) is 0 Å². The van der Waals surface area contributed by atoms with Crippen molar-refractivity contribution in [2.45, 2.75) is 71.1 Å². The Morgan fingerprint density at radius 1 is 0.591 bits per heavy atom. The van der Waals surface area contributed by atoms with Gasteiger partial charge < -0.3 is 32.9 Å². The van der Waals surface area contributed by atoms with Gasteiger partial charge in [-0.15, -0.1) is 0 Å². The van der Waals surface area contributed by atoms with Crippen molar-refractivity contribution in [2.24, 2.45) is 0 Å². The molecule has 3 fully saturated rings. The van der Waals surface area contributed by atoms with Crippen LogP contribution in [0, 0.1) is 0 Å². The Kier molecular flexibility index (Phi) is 9.88. The molecule has 3 rings (SSSR count). The van der Waals surface area contributed by atoms with Gasteiger partial charge in [0, 0.05) is 0 Å². The molecule has 0 amide bonds. The molecule has 2 bridgehead atoms. The lowest BCUT2D eigenvalue weighted by Crippen LogP contribution is -3.00. The van der Waals surface area contributed by atoms with Gasteiger partial charge in [0.25, 0.3) is 0 Å². The number of piperazine rings is 3. The van der Waals surface area contributed by atoms with Crippen LogP contribution < -0.4 is 24.0 Å². The molecular weight excluding hydrogens is 383 g/mol. The summed E-state index contributed by atoms with van der Waals surface area (Å²) in [7, 11) is 2.47. The van der Waals surface area contributed by atoms with Crippen LogP contribution in [0.5, 0.6) is 0 Å². The first kappa shape index (κ1) is 20.7. The van der Waals surface area contributed by atoms with Gasteiger partial charge in [-0.25, -0.2) is 0 Å². The maximum atomic E-state index is 2.47. The predicted octanol–water partition coefficient (Wildman–Crippen LogP) is 1.20. The van der Waals surface area contributed by atoms with Crippen molar-refractivity contribution in [3.05, 3.63) is 0 Å². The van der Waals surface area contributed by atoms with E-state index >= 15 is 0 Å². The molecule has 0 unspecified atom stereocenters. The number of halogens is 1. The van der Waals surface area contributed by atoms with E-state index in [-0.39, 0.29) is 24.0 Å². The standard InChI is InChI=1S/C19H40N2.HI/c1-3-4-5-6-7-8-9-10-11-12-13-21-17-14-20(2,15-18-21)16-19-21;/h3-19H2,1-2H3;1H/q+2;/p-1. The van der Waals surface area contributed by atoms with Crippen molar-refractivity contribution in [3.63, 3.8) is 0 Å². The number of hydrogen-bond donors (Lipinski definition) is 0. The molecule has 3 saturated heterocycles. The third-order valence-corrected chi connectivity index (χ3v) is 6.33. The van der Waals surface area contributed by atoms with E-state index in [1.807, 2.05) is 0 Å². The van der Waals surface area contributed by atoms with Crippen LogP contribution in [-0.4, -0.2) is 61.8 Å². The van der Waals surface area contributed by atoms with Crippen LogP contribution in [0.4, 0.5) is 0 Å². The quantitative estimate of drug-likeness (QED) is 0.266. The molecule has 0 spiro atoms. The van der Waals surface area contributed by atoms with Crippen molar-refractivity contribution in [2.75, 3.05) is 52.9 Å². The van der Waals surface area contributed by atoms with E-state index in [2.05, 4.69) is 14.0 Å². The summed E-state index contributed by atoms with van der Waals surface area (Å²) in [5.41, 5.74) is 0. The Balaban J connectivity index is 0.00000242. The lowest BCUT2D eigenvalue weighted by atomic mass is 10.0. The highest BCUT2D eigenvalue weighted by molar-refractivity contribution is 4.60. The predicted molar refractivity (Wildman–Crippen MR) is 92.4 cm³/mol. The van der Waals surface area contributed by atoms with Crippen molar-refractivity contribution in [3.8, 4) is 0 Å². The van der Waals surface area contributed by atoms with Crippen molar-refractivity contribution < 1.29 is 32.9 Å². The first-order valence-electron chi connectivity index (χ1n) is 9.87. The zero-order valence-electron chi connectivity index (χ0n) is 15.3. The van der Waals surface area contributed by atoms with Gasteiger partial charge >= 0.3 is 0 Å². The molecule has 3 heterocycles. The van der Waals surface area contributed by atoms with Gasteiger partial charge in [-0.2, -0.15) is 0 Å². The smallest absolute Gasteiger partial charge is 0.129 e. The maximum absolute atomic E-state index is 2.47. The lowest BCUT2D eigenvalue weighted by molar-refractivity contribution is -1.07. The first-order chi connectivity index (χ1) is 10.2. The van der Waals surface area contributed by atoms with Crippen LogP contribution in [0.2, 0.25) is 0 Å². The van der Waals surface area contributed by atoms with Gasteiger partial charge in [-0.1, -0.05) is 58.3 Å². The number of unbranched alkanes of at least 4 members (excludes halogenated alkanes) is 9. The van der Waals surface area contributed by atoms with Crippen LogP contribution >= 0.6 is 0 Å². The second kappa shape index (κ2) is 10.5. The molecular formula is C19H40IN2+. The highest BCUT2D eigenvalue weighted by atomic mass is 127. The molecule has 3 aliphatic heterocycles. The summed E-state index contributed by atoms with van der Waals surface area (Å²) in [6.07, 6.45) is 14.7. The summed E-state index contributed by atoms with van der Waals surface area (Å²) >= 11 is 0. The van der Waals surface area contributed by atoms with Gasteiger partial charge in [0.15, 0.2) is 0 Å². The van der Waals surface area contributed by atoms with Crippen LogP contribution in [0.1, 0.15) is 71.1 Å². The number of quaternary nitrogens is 2. The molecule has 0 aliphatic carbocycles. The Labute approximate surface area is 156 Å². The molecule has 3 heteroatoms. The highest BCUT2D eigenvalue weighted by Crippen LogP contribution is 2.25. The number of rotatable bonds is 11. The van der Waals surface area contributed by atoms with E-state index in [1.165, 1.54) is 119 Å². The Morgan fingerprint density at radius 2 is 1.00 bits per heavy atom. The van der Waals surface area contributed by atoms with Gasteiger partial charge in [0.2, 0.25) is 0 Å². The van der Waals surface area contributed by atoms with Gasteiger partial charge in [-0.3, -0.25) is 0 Å². The summed E-state index contributed by atoms with van der Waals surface area (Å²) in [6.45, 7) is 12.5. The van der Waals surface area contributed by atoms with Gasteiger partial charge in [-0.05, 0) is 12.8 Å². The fourth-order valence-corrected chi connectivity index (χ4v) is 4.30. The summed E-state index contributed by atoms with van der Waals surface area (Å²) in [4.78, 5) is 0. The van der Waals surface area contributed by atoms with Gasteiger partial charge in [0.05, 0.1) is 13.6 Å². The van der Waals surface area contributed by atoms with E-state index in [1.54, 1.807) is 0 Å². The molecule has 22 heavy (non-hydrogen) atoms. The number of hydrogen-bond acceptors (Lipinski definition) is 0. The Bertz CT molecular complexity index is 269. The minimum atomic E-state index is 0. The Morgan fingerprint density at radius 3 is 1.45 bits per heavy atom. The SMILES string of the molecule is CCCCCCCCCCCC[N+]12CC[N+](C)(CC1)CC2.[I-]. The molecule has 3 aliphatic rings. The normalized spacial score (nSPS) is 30.3. The van der Waals surface area contributed by atoms with E-state index < -0.39 is 0 Å². The molecule has 0 atom stereocenters. The van der Waals surface area contributed by atoms with Crippen LogP contribution in [0.3, 0.4) is 0 Å². The topological polar surface area (TPSA) is 0 Å². The molecule has 0 N–H and O–H groups in total. The van der Waals surface area contributed by atoms with Crippen molar-refractivity contribution in [1.82, 2.24) is 0 Å². The minimum absolute atomic E-state index is 0. The number of likely N-dealkylation sites (N-methyl/N-ethyl adjacent to an activating group) is 1. The largest absolute Gasteiger partial charge is 1.00 e. The van der Waals surface area contributed by atoms with Crippen molar-refractivity contribution >= 4 is 0 Å². The second-order valence-corrected chi connectivity index (χ2v) is 8.21. The molecule has 0 saturated carbocycles. The van der Waals surface area contributed by atoms with E-state index in [4.69, 9.17) is 0 Å².